The molecule has 1 unspecified atom stereocenters. The molecule has 0 saturated carbocycles. The molecule has 0 aliphatic carbocycles. The third-order valence-corrected chi connectivity index (χ3v) is 4.87. The van der Waals surface area contributed by atoms with Crippen LogP contribution in [0.3, 0.4) is 0 Å². The van der Waals surface area contributed by atoms with E-state index in [4.69, 9.17) is 0 Å². The fourth-order valence-corrected chi connectivity index (χ4v) is 3.18. The highest BCUT2D eigenvalue weighted by Gasteiger charge is 2.15. The first-order chi connectivity index (χ1) is 13.7. The van der Waals surface area contributed by atoms with Crippen LogP contribution in [0.5, 0.6) is 6.01 Å². The lowest BCUT2D eigenvalue weighted by atomic mass is 9.98. The fraction of sp³-hybridized carbons (Fsp3) is 0.250. The highest BCUT2D eigenvalue weighted by atomic mass is 16.3. The summed E-state index contributed by atoms with van der Waals surface area (Å²) in [4.78, 5) is 4.17. The quantitative estimate of drug-likeness (QED) is 0.535. The first kappa shape index (κ1) is 17.8. The van der Waals surface area contributed by atoms with Gasteiger partial charge in [0.1, 0.15) is 5.82 Å². The lowest BCUT2D eigenvalue weighted by Gasteiger charge is -2.11. The average molecular weight is 375 g/mol. The van der Waals surface area contributed by atoms with Crippen LogP contribution in [-0.2, 0) is 6.54 Å². The summed E-state index contributed by atoms with van der Waals surface area (Å²) in [6.45, 7) is 4.73. The summed E-state index contributed by atoms with van der Waals surface area (Å²) in [6, 6.07) is 16.1. The van der Waals surface area contributed by atoms with E-state index in [-0.39, 0.29) is 11.9 Å². The molecular weight excluding hydrogens is 354 g/mol. The van der Waals surface area contributed by atoms with E-state index < -0.39 is 0 Å². The summed E-state index contributed by atoms with van der Waals surface area (Å²) in [7, 11) is 0. The Morgan fingerprint density at radius 1 is 1.07 bits per heavy atom. The molecule has 0 radical (unpaired) electrons. The molecule has 28 heavy (non-hydrogen) atoms. The Morgan fingerprint density at radius 3 is 2.50 bits per heavy atom. The van der Waals surface area contributed by atoms with E-state index in [1.165, 1.54) is 0 Å². The summed E-state index contributed by atoms with van der Waals surface area (Å²) in [6.07, 6.45) is 0.935. The Morgan fingerprint density at radius 2 is 1.82 bits per heavy atom. The van der Waals surface area contributed by atoms with E-state index in [2.05, 4.69) is 68.8 Å². The van der Waals surface area contributed by atoms with E-state index in [0.29, 0.717) is 12.4 Å². The van der Waals surface area contributed by atoms with Gasteiger partial charge in [-0.2, -0.15) is 4.98 Å². The number of aromatic hydroxyl groups is 1. The fourth-order valence-electron chi connectivity index (χ4n) is 3.18. The number of nitrogens with one attached hydrogen (secondary N) is 1. The molecule has 8 heteroatoms. The van der Waals surface area contributed by atoms with Crippen molar-refractivity contribution in [3.8, 4) is 28.5 Å². The van der Waals surface area contributed by atoms with Gasteiger partial charge in [-0.05, 0) is 33.5 Å². The standard InChI is InChI=1S/C20H21N7O/c1-3-13(2)19-21-20(28)24-27(19)12-14-8-10-15(11-9-14)16-6-4-5-7-17(16)18-22-25-26-23-18/h4-11,13H,3,12H2,1-2H3,(H,24,28)(H,22,23,25,26). The number of hydrogen-bond acceptors (Lipinski definition) is 6. The minimum atomic E-state index is -0.179. The zero-order valence-corrected chi connectivity index (χ0v) is 15.7. The third kappa shape index (κ3) is 3.48. The number of aromatic amines is 1. The summed E-state index contributed by atoms with van der Waals surface area (Å²) < 4.78 is 1.77. The predicted octanol–water partition coefficient (Wildman–Crippen LogP) is 3.39. The van der Waals surface area contributed by atoms with Gasteiger partial charge in [-0.1, -0.05) is 62.4 Å². The molecule has 0 spiro atoms. The van der Waals surface area contributed by atoms with E-state index in [1.54, 1.807) is 4.68 Å². The average Bonchev–Trinajstić information content (AvgIpc) is 3.38. The number of benzene rings is 2. The molecule has 8 nitrogen and oxygen atoms in total. The number of nitrogens with zero attached hydrogens (tertiary/aromatic N) is 6. The van der Waals surface area contributed by atoms with Gasteiger partial charge in [0.05, 0.1) is 6.54 Å². The minimum absolute atomic E-state index is 0.179. The van der Waals surface area contributed by atoms with E-state index in [0.717, 1.165) is 34.5 Å². The van der Waals surface area contributed by atoms with Crippen molar-refractivity contribution in [3.05, 3.63) is 59.9 Å². The van der Waals surface area contributed by atoms with E-state index in [1.807, 2.05) is 24.3 Å². The number of hydrogen-bond donors (Lipinski definition) is 2. The van der Waals surface area contributed by atoms with Crippen molar-refractivity contribution in [1.29, 1.82) is 0 Å². The highest BCUT2D eigenvalue weighted by Crippen LogP contribution is 2.30. The Bertz CT molecular complexity index is 1050. The van der Waals surface area contributed by atoms with Crippen molar-refractivity contribution >= 4 is 0 Å². The topological polar surface area (TPSA) is 105 Å². The van der Waals surface area contributed by atoms with Crippen LogP contribution in [0.2, 0.25) is 0 Å². The Kier molecular flexibility index (Phi) is 4.84. The Hall–Kier alpha value is -3.55. The van der Waals surface area contributed by atoms with Crippen molar-refractivity contribution < 1.29 is 5.11 Å². The monoisotopic (exact) mass is 375 g/mol. The number of rotatable bonds is 6. The van der Waals surface area contributed by atoms with Crippen molar-refractivity contribution in [2.75, 3.05) is 0 Å². The van der Waals surface area contributed by atoms with Gasteiger partial charge in [-0.25, -0.2) is 9.78 Å². The summed E-state index contributed by atoms with van der Waals surface area (Å²) in [5, 5.41) is 28.0. The first-order valence-electron chi connectivity index (χ1n) is 9.22. The van der Waals surface area contributed by atoms with Crippen LogP contribution in [-0.4, -0.2) is 40.5 Å². The molecule has 4 aromatic rings. The third-order valence-electron chi connectivity index (χ3n) is 4.87. The summed E-state index contributed by atoms with van der Waals surface area (Å²) in [5.41, 5.74) is 4.14. The Balaban J connectivity index is 1.61. The van der Waals surface area contributed by atoms with Gasteiger partial charge in [0, 0.05) is 11.5 Å². The minimum Gasteiger partial charge on any atom is -0.478 e. The number of tetrazole rings is 1. The maximum Gasteiger partial charge on any atom is 0.333 e. The molecule has 0 aliphatic rings. The second-order valence-corrected chi connectivity index (χ2v) is 6.73. The van der Waals surface area contributed by atoms with Crippen molar-refractivity contribution in [2.45, 2.75) is 32.7 Å². The molecule has 2 aromatic heterocycles. The first-order valence-corrected chi connectivity index (χ1v) is 9.22. The highest BCUT2D eigenvalue weighted by molar-refractivity contribution is 5.80. The molecule has 4 rings (SSSR count). The van der Waals surface area contributed by atoms with Gasteiger partial charge in [0.25, 0.3) is 0 Å². The van der Waals surface area contributed by atoms with Gasteiger partial charge < -0.3 is 5.11 Å². The maximum atomic E-state index is 9.71. The maximum absolute atomic E-state index is 9.71. The smallest absolute Gasteiger partial charge is 0.333 e. The lowest BCUT2D eigenvalue weighted by molar-refractivity contribution is 0.425. The SMILES string of the molecule is CCC(C)c1nc(O)nn1Cc1ccc(-c2ccccc2-c2nnn[nH]2)cc1. The zero-order valence-electron chi connectivity index (χ0n) is 15.7. The summed E-state index contributed by atoms with van der Waals surface area (Å²) in [5.74, 6) is 1.67. The molecule has 0 aliphatic heterocycles. The molecule has 0 saturated heterocycles. The van der Waals surface area contributed by atoms with Crippen LogP contribution >= 0.6 is 0 Å². The summed E-state index contributed by atoms with van der Waals surface area (Å²) >= 11 is 0. The second kappa shape index (κ2) is 7.59. The van der Waals surface area contributed by atoms with Crippen LogP contribution < -0.4 is 0 Å². The van der Waals surface area contributed by atoms with Crippen LogP contribution in [0.1, 0.15) is 37.6 Å². The van der Waals surface area contributed by atoms with Gasteiger partial charge in [-0.15, -0.1) is 10.2 Å². The van der Waals surface area contributed by atoms with E-state index in [9.17, 15) is 5.11 Å². The molecule has 0 bridgehead atoms. The molecule has 2 aromatic carbocycles. The van der Waals surface area contributed by atoms with Crippen molar-refractivity contribution in [3.63, 3.8) is 0 Å². The lowest BCUT2D eigenvalue weighted by Crippen LogP contribution is -2.09. The molecule has 0 amide bonds. The molecular formula is C20H21N7O. The van der Waals surface area contributed by atoms with Crippen LogP contribution in [0, 0.1) is 0 Å². The van der Waals surface area contributed by atoms with Crippen LogP contribution in [0.15, 0.2) is 48.5 Å². The van der Waals surface area contributed by atoms with E-state index >= 15 is 0 Å². The number of aromatic nitrogens is 7. The number of H-pyrrole nitrogens is 1. The van der Waals surface area contributed by atoms with Crippen LogP contribution in [0.25, 0.3) is 22.5 Å². The second-order valence-electron chi connectivity index (χ2n) is 6.73. The normalized spacial score (nSPS) is 12.2. The zero-order chi connectivity index (χ0) is 19.5. The van der Waals surface area contributed by atoms with Gasteiger partial charge in [0.2, 0.25) is 0 Å². The van der Waals surface area contributed by atoms with Crippen LogP contribution in [0.4, 0.5) is 0 Å². The van der Waals surface area contributed by atoms with Gasteiger partial charge in [-0.3, -0.25) is 0 Å². The molecule has 0 fully saturated rings. The molecule has 2 heterocycles. The molecule has 2 N–H and O–H groups in total. The molecule has 1 atom stereocenters. The predicted molar refractivity (Wildman–Crippen MR) is 105 cm³/mol. The van der Waals surface area contributed by atoms with Crippen molar-refractivity contribution in [2.24, 2.45) is 0 Å². The largest absolute Gasteiger partial charge is 0.478 e. The van der Waals surface area contributed by atoms with Crippen molar-refractivity contribution in [1.82, 2.24) is 35.4 Å². The Labute approximate surface area is 162 Å². The van der Waals surface area contributed by atoms with Gasteiger partial charge >= 0.3 is 6.01 Å². The molecule has 142 valence electrons. The van der Waals surface area contributed by atoms with Gasteiger partial charge in [0.15, 0.2) is 5.82 Å².